The van der Waals surface area contributed by atoms with E-state index in [0.717, 1.165) is 37.2 Å². The van der Waals surface area contributed by atoms with Crippen molar-refractivity contribution >= 4 is 17.2 Å². The maximum Gasteiger partial charge on any atom is 0.249 e. The fourth-order valence-corrected chi connectivity index (χ4v) is 2.78. The van der Waals surface area contributed by atoms with E-state index < -0.39 is 0 Å². The van der Waals surface area contributed by atoms with Crippen molar-refractivity contribution in [3.63, 3.8) is 0 Å². The molecule has 1 amide bonds. The van der Waals surface area contributed by atoms with E-state index in [1.807, 2.05) is 6.07 Å². The van der Waals surface area contributed by atoms with Crippen LogP contribution in [-0.4, -0.2) is 24.2 Å². The van der Waals surface area contributed by atoms with Crippen LogP contribution < -0.4 is 11.1 Å². The van der Waals surface area contributed by atoms with E-state index in [4.69, 9.17) is 10.8 Å². The molecule has 102 valence electrons. The predicted octanol–water partition coefficient (Wildman–Crippen LogP) is 1.74. The molecule has 0 aliphatic carbocycles. The summed E-state index contributed by atoms with van der Waals surface area (Å²) in [6, 6.07) is 1.83. The van der Waals surface area contributed by atoms with Gasteiger partial charge in [-0.2, -0.15) is 0 Å². The van der Waals surface area contributed by atoms with E-state index in [1.165, 1.54) is 0 Å². The average molecular weight is 270 g/mol. The van der Waals surface area contributed by atoms with E-state index in [9.17, 15) is 4.79 Å². The third kappa shape index (κ3) is 5.16. The molecule has 0 aliphatic rings. The Morgan fingerprint density at radius 3 is 2.89 bits per heavy atom. The molecule has 1 aromatic rings. The molecule has 1 atom stereocenters. The Kier molecular flexibility index (Phi) is 6.93. The lowest BCUT2D eigenvalue weighted by Crippen LogP contribution is -2.23. The summed E-state index contributed by atoms with van der Waals surface area (Å²) in [4.78, 5) is 12.1. The number of hydrogen-bond acceptors (Lipinski definition) is 4. The molecule has 1 aromatic heterocycles. The molecular formula is C13H22N2O2S. The molecule has 1 heterocycles. The second-order valence-electron chi connectivity index (χ2n) is 4.46. The van der Waals surface area contributed by atoms with Crippen LogP contribution in [0.3, 0.4) is 0 Å². The summed E-state index contributed by atoms with van der Waals surface area (Å²) in [5.41, 5.74) is 5.78. The van der Waals surface area contributed by atoms with Gasteiger partial charge in [-0.25, -0.2) is 0 Å². The largest absolute Gasteiger partial charge is 0.396 e. The lowest BCUT2D eigenvalue weighted by Gasteiger charge is -2.15. The number of hydrogen-bond donors (Lipinski definition) is 3. The fourth-order valence-electron chi connectivity index (χ4n) is 1.94. The van der Waals surface area contributed by atoms with Crippen molar-refractivity contribution in [1.82, 2.24) is 5.32 Å². The summed E-state index contributed by atoms with van der Waals surface area (Å²) in [5.74, 6) is 0.150. The van der Waals surface area contributed by atoms with Gasteiger partial charge in [-0.1, -0.05) is 13.3 Å². The van der Waals surface area contributed by atoms with Crippen LogP contribution in [0.25, 0.3) is 0 Å². The maximum absolute atomic E-state index is 10.9. The van der Waals surface area contributed by atoms with Crippen LogP contribution in [0, 0.1) is 5.92 Å². The quantitative estimate of drug-likeness (QED) is 0.640. The number of thiophene rings is 1. The van der Waals surface area contributed by atoms with Crippen LogP contribution in [0.2, 0.25) is 0 Å². The van der Waals surface area contributed by atoms with Crippen molar-refractivity contribution in [2.24, 2.45) is 11.7 Å². The third-order valence-corrected chi connectivity index (χ3v) is 3.84. The highest BCUT2D eigenvalue weighted by Gasteiger charge is 2.08. The number of carbonyl (C=O) groups is 1. The van der Waals surface area contributed by atoms with Crippen molar-refractivity contribution in [3.05, 3.63) is 21.9 Å². The highest BCUT2D eigenvalue weighted by Crippen LogP contribution is 2.15. The molecule has 1 rings (SSSR count). The monoisotopic (exact) mass is 270 g/mol. The van der Waals surface area contributed by atoms with Gasteiger partial charge < -0.3 is 16.2 Å². The number of carbonyl (C=O) groups excluding carboxylic acids is 1. The molecule has 1 unspecified atom stereocenters. The van der Waals surface area contributed by atoms with E-state index >= 15 is 0 Å². The number of nitrogens with two attached hydrogens (primary N) is 1. The molecule has 0 spiro atoms. The lowest BCUT2D eigenvalue weighted by atomic mass is 10.0. The van der Waals surface area contributed by atoms with Crippen LogP contribution in [-0.2, 0) is 6.54 Å². The Hall–Kier alpha value is -0.910. The molecule has 5 heteroatoms. The zero-order valence-corrected chi connectivity index (χ0v) is 11.6. The first-order valence-electron chi connectivity index (χ1n) is 6.36. The lowest BCUT2D eigenvalue weighted by molar-refractivity contribution is 0.100. The van der Waals surface area contributed by atoms with Gasteiger partial charge >= 0.3 is 0 Å². The molecule has 0 aliphatic heterocycles. The molecule has 0 saturated carbocycles. The number of primary amides is 1. The Balaban J connectivity index is 2.32. The van der Waals surface area contributed by atoms with E-state index in [2.05, 4.69) is 12.2 Å². The van der Waals surface area contributed by atoms with Crippen molar-refractivity contribution in [1.29, 1.82) is 0 Å². The van der Waals surface area contributed by atoms with Gasteiger partial charge in [-0.15, -0.1) is 11.3 Å². The standard InChI is InChI=1S/C13H22N2O2S/c1-2-3-10(4-5-16)7-15-8-12-6-11(9-18-12)13(14)17/h6,9-10,15-16H,2-5,7-8H2,1H3,(H2,14,17). The van der Waals surface area contributed by atoms with Crippen LogP contribution in [0.4, 0.5) is 0 Å². The molecule has 0 bridgehead atoms. The van der Waals surface area contributed by atoms with E-state index in [0.29, 0.717) is 11.5 Å². The van der Waals surface area contributed by atoms with Crippen LogP contribution in [0.5, 0.6) is 0 Å². The molecular weight excluding hydrogens is 248 g/mol. The highest BCUT2D eigenvalue weighted by molar-refractivity contribution is 7.10. The van der Waals surface area contributed by atoms with Gasteiger partial charge in [0.25, 0.3) is 0 Å². The fraction of sp³-hybridized carbons (Fsp3) is 0.615. The third-order valence-electron chi connectivity index (χ3n) is 2.90. The highest BCUT2D eigenvalue weighted by atomic mass is 32.1. The summed E-state index contributed by atoms with van der Waals surface area (Å²) >= 11 is 1.54. The second kappa shape index (κ2) is 8.24. The minimum Gasteiger partial charge on any atom is -0.396 e. The average Bonchev–Trinajstić information content (AvgIpc) is 2.78. The van der Waals surface area contributed by atoms with Gasteiger partial charge in [0, 0.05) is 23.4 Å². The van der Waals surface area contributed by atoms with Gasteiger partial charge in [-0.3, -0.25) is 4.79 Å². The first-order valence-corrected chi connectivity index (χ1v) is 7.24. The molecule has 0 aromatic carbocycles. The Morgan fingerprint density at radius 2 is 2.33 bits per heavy atom. The molecule has 18 heavy (non-hydrogen) atoms. The van der Waals surface area contributed by atoms with Gasteiger partial charge in [0.2, 0.25) is 5.91 Å². The number of amides is 1. The Bertz CT molecular complexity index is 360. The van der Waals surface area contributed by atoms with Crippen LogP contribution in [0.15, 0.2) is 11.4 Å². The Labute approximate surface area is 112 Å². The summed E-state index contributed by atoms with van der Waals surface area (Å²) < 4.78 is 0. The van der Waals surface area contributed by atoms with Crippen LogP contribution >= 0.6 is 11.3 Å². The Morgan fingerprint density at radius 1 is 1.56 bits per heavy atom. The minimum absolute atomic E-state index is 0.247. The zero-order valence-electron chi connectivity index (χ0n) is 10.8. The van der Waals surface area contributed by atoms with E-state index in [-0.39, 0.29) is 12.5 Å². The van der Waals surface area contributed by atoms with Gasteiger partial charge in [0.15, 0.2) is 0 Å². The first-order chi connectivity index (χ1) is 8.67. The number of aliphatic hydroxyl groups excluding tert-OH is 1. The molecule has 0 saturated heterocycles. The summed E-state index contributed by atoms with van der Waals surface area (Å²) in [6.45, 7) is 4.06. The predicted molar refractivity (Wildman–Crippen MR) is 74.6 cm³/mol. The molecule has 0 radical (unpaired) electrons. The normalized spacial score (nSPS) is 12.6. The minimum atomic E-state index is -0.373. The van der Waals surface area contributed by atoms with Crippen molar-refractivity contribution < 1.29 is 9.90 Å². The van der Waals surface area contributed by atoms with Crippen molar-refractivity contribution in [2.45, 2.75) is 32.7 Å². The topological polar surface area (TPSA) is 75.3 Å². The number of aliphatic hydroxyl groups is 1. The molecule has 4 nitrogen and oxygen atoms in total. The first kappa shape index (κ1) is 15.1. The molecule has 0 fully saturated rings. The maximum atomic E-state index is 10.9. The van der Waals surface area contributed by atoms with Crippen molar-refractivity contribution in [2.75, 3.05) is 13.2 Å². The second-order valence-corrected chi connectivity index (χ2v) is 5.46. The molecule has 4 N–H and O–H groups in total. The van der Waals surface area contributed by atoms with E-state index in [1.54, 1.807) is 16.7 Å². The van der Waals surface area contributed by atoms with Crippen molar-refractivity contribution in [3.8, 4) is 0 Å². The number of rotatable bonds is 9. The van der Waals surface area contributed by atoms with Gasteiger partial charge in [0.1, 0.15) is 0 Å². The summed E-state index contributed by atoms with van der Waals surface area (Å²) in [6.07, 6.45) is 3.11. The van der Waals surface area contributed by atoms with Gasteiger partial charge in [-0.05, 0) is 31.4 Å². The van der Waals surface area contributed by atoms with Crippen LogP contribution in [0.1, 0.15) is 41.4 Å². The smallest absolute Gasteiger partial charge is 0.249 e. The summed E-state index contributed by atoms with van der Waals surface area (Å²) in [5, 5.41) is 14.1. The summed E-state index contributed by atoms with van der Waals surface area (Å²) in [7, 11) is 0. The zero-order chi connectivity index (χ0) is 13.4. The SMILES string of the molecule is CCCC(CCO)CNCc1cc(C(N)=O)cs1. The van der Waals surface area contributed by atoms with Gasteiger partial charge in [0.05, 0.1) is 5.56 Å². The number of nitrogens with one attached hydrogen (secondary N) is 1.